The van der Waals surface area contributed by atoms with E-state index >= 15 is 0 Å². The third-order valence-electron chi connectivity index (χ3n) is 4.80. The Bertz CT molecular complexity index is 727. The molecule has 26 heavy (non-hydrogen) atoms. The number of halogens is 3. The van der Waals surface area contributed by atoms with Gasteiger partial charge in [0.05, 0.1) is 0 Å². The van der Waals surface area contributed by atoms with Crippen molar-refractivity contribution in [3.63, 3.8) is 0 Å². The third kappa shape index (κ3) is 2.97. The monoisotopic (exact) mass is 367 g/mol. The maximum absolute atomic E-state index is 13.9. The van der Waals surface area contributed by atoms with Crippen LogP contribution in [0.25, 0.3) is 0 Å². The van der Waals surface area contributed by atoms with Crippen molar-refractivity contribution < 1.29 is 22.8 Å². The Morgan fingerprint density at radius 2 is 1.88 bits per heavy atom. The van der Waals surface area contributed by atoms with Crippen LogP contribution in [0.2, 0.25) is 0 Å². The molecule has 1 N–H and O–H groups in total. The Hall–Kier alpha value is -2.38. The summed E-state index contributed by atoms with van der Waals surface area (Å²) < 4.78 is 41.8. The van der Waals surface area contributed by atoms with E-state index in [1.165, 1.54) is 6.92 Å². The number of nitrogens with zero attached hydrogens (tertiary/aromatic N) is 2. The summed E-state index contributed by atoms with van der Waals surface area (Å²) in [5.41, 5.74) is -2.84. The van der Waals surface area contributed by atoms with Gasteiger partial charge in [0, 0.05) is 18.0 Å². The highest BCUT2D eigenvalue weighted by molar-refractivity contribution is 6.16. The van der Waals surface area contributed by atoms with Crippen LogP contribution >= 0.6 is 0 Å². The van der Waals surface area contributed by atoms with Gasteiger partial charge in [-0.1, -0.05) is 50.1 Å². The summed E-state index contributed by atoms with van der Waals surface area (Å²) in [6, 6.07) is 7.96. The maximum atomic E-state index is 13.9. The summed E-state index contributed by atoms with van der Waals surface area (Å²) in [4.78, 5) is 29.7. The summed E-state index contributed by atoms with van der Waals surface area (Å²) in [7, 11) is 0. The first-order chi connectivity index (χ1) is 12.3. The van der Waals surface area contributed by atoms with Crippen LogP contribution in [0, 0.1) is 0 Å². The summed E-state index contributed by atoms with van der Waals surface area (Å²) in [6.07, 6.45) is -2.29. The topological polar surface area (TPSA) is 61.8 Å². The Morgan fingerprint density at radius 1 is 1.27 bits per heavy atom. The predicted octanol–water partition coefficient (Wildman–Crippen LogP) is 3.00. The lowest BCUT2D eigenvalue weighted by molar-refractivity contribution is -0.200. The van der Waals surface area contributed by atoms with Crippen LogP contribution in [-0.2, 0) is 9.59 Å². The molecule has 1 heterocycles. The molecule has 8 heteroatoms. The van der Waals surface area contributed by atoms with Crippen molar-refractivity contribution in [3.05, 3.63) is 35.9 Å². The van der Waals surface area contributed by atoms with Gasteiger partial charge in [-0.15, -0.1) is 0 Å². The fourth-order valence-electron chi connectivity index (χ4n) is 3.45. The van der Waals surface area contributed by atoms with Gasteiger partial charge < -0.3 is 5.32 Å². The van der Waals surface area contributed by atoms with E-state index in [0.717, 1.165) is 17.7 Å². The molecule has 0 radical (unpaired) electrons. The molecule has 2 aliphatic rings. The average molecular weight is 367 g/mol. The van der Waals surface area contributed by atoms with E-state index < -0.39 is 23.7 Å². The van der Waals surface area contributed by atoms with E-state index in [0.29, 0.717) is 18.4 Å². The molecule has 140 valence electrons. The highest BCUT2D eigenvalue weighted by Crippen LogP contribution is 2.41. The van der Waals surface area contributed by atoms with Gasteiger partial charge in [0.1, 0.15) is 5.84 Å². The second kappa shape index (κ2) is 6.74. The fourth-order valence-corrected chi connectivity index (χ4v) is 3.45. The predicted molar refractivity (Wildman–Crippen MR) is 89.3 cm³/mol. The number of alkyl halides is 3. The zero-order chi connectivity index (χ0) is 18.9. The fraction of sp³-hybridized carbons (Fsp3) is 0.500. The first kappa shape index (κ1) is 18.4. The Morgan fingerprint density at radius 3 is 2.42 bits per heavy atom. The number of carbonyl (C=O) groups excluding carboxylic acids is 2. The Kier molecular flexibility index (Phi) is 4.77. The van der Waals surface area contributed by atoms with Gasteiger partial charge in [-0.3, -0.25) is 14.5 Å². The summed E-state index contributed by atoms with van der Waals surface area (Å²) in [5.74, 6) is -2.13. The van der Waals surface area contributed by atoms with E-state index in [4.69, 9.17) is 0 Å². The number of aliphatic imine (C=N–C) groups is 1. The molecule has 1 aliphatic heterocycles. The van der Waals surface area contributed by atoms with E-state index in [2.05, 4.69) is 4.99 Å². The Labute approximate surface area is 149 Å². The molecule has 0 bridgehead atoms. The molecular formula is C18H20F3N3O2. The van der Waals surface area contributed by atoms with E-state index in [1.54, 1.807) is 30.3 Å². The van der Waals surface area contributed by atoms with Gasteiger partial charge >= 0.3 is 11.8 Å². The second-order valence-electron chi connectivity index (χ2n) is 6.52. The molecule has 1 fully saturated rings. The number of hydrogen-bond acceptors (Lipinski definition) is 3. The van der Waals surface area contributed by atoms with Crippen molar-refractivity contribution in [2.45, 2.75) is 56.9 Å². The number of nitrogens with one attached hydrogen (secondary N) is 1. The zero-order valence-electron chi connectivity index (χ0n) is 14.3. The van der Waals surface area contributed by atoms with Crippen LogP contribution in [0.15, 0.2) is 35.3 Å². The standard InChI is InChI=1S/C18H20F3N3O2/c1-2-14(25)22-17(18(19,20)21)16(26)24(13-10-6-7-11-13)15(23-17)12-8-4-3-5-9-12/h3-5,8-9,13H,2,6-7,10-11H2,1H3,(H,22,25). The zero-order valence-corrected chi connectivity index (χ0v) is 14.3. The van der Waals surface area contributed by atoms with Crippen LogP contribution < -0.4 is 5.32 Å². The van der Waals surface area contributed by atoms with Gasteiger partial charge in [-0.2, -0.15) is 13.2 Å². The highest BCUT2D eigenvalue weighted by atomic mass is 19.4. The van der Waals surface area contributed by atoms with Gasteiger partial charge in [-0.05, 0) is 12.8 Å². The highest BCUT2D eigenvalue weighted by Gasteiger charge is 2.67. The number of benzene rings is 1. The average Bonchev–Trinajstić information content (AvgIpc) is 3.22. The summed E-state index contributed by atoms with van der Waals surface area (Å²) in [6.45, 7) is 1.43. The normalized spacial score (nSPS) is 24.1. The molecule has 1 aliphatic carbocycles. The first-order valence-electron chi connectivity index (χ1n) is 8.67. The lowest BCUT2D eigenvalue weighted by Gasteiger charge is -2.31. The van der Waals surface area contributed by atoms with Crippen LogP contribution in [-0.4, -0.2) is 40.4 Å². The molecule has 1 aromatic carbocycles. The van der Waals surface area contributed by atoms with Gasteiger partial charge in [0.15, 0.2) is 0 Å². The molecular weight excluding hydrogens is 347 g/mol. The van der Waals surface area contributed by atoms with Crippen molar-refractivity contribution in [1.82, 2.24) is 10.2 Å². The molecule has 1 saturated carbocycles. The molecule has 1 atom stereocenters. The smallest absolute Gasteiger partial charge is 0.316 e. The molecule has 3 rings (SSSR count). The summed E-state index contributed by atoms with van der Waals surface area (Å²) in [5, 5.41) is 1.84. The van der Waals surface area contributed by atoms with E-state index in [1.807, 2.05) is 5.32 Å². The third-order valence-corrected chi connectivity index (χ3v) is 4.80. The van der Waals surface area contributed by atoms with Crippen molar-refractivity contribution in [2.75, 3.05) is 0 Å². The van der Waals surface area contributed by atoms with Crippen molar-refractivity contribution in [3.8, 4) is 0 Å². The minimum Gasteiger partial charge on any atom is -0.316 e. The van der Waals surface area contributed by atoms with Gasteiger partial charge in [0.2, 0.25) is 5.91 Å². The number of amides is 2. The molecule has 0 spiro atoms. The molecule has 1 unspecified atom stereocenters. The molecule has 5 nitrogen and oxygen atoms in total. The molecule has 0 saturated heterocycles. The quantitative estimate of drug-likeness (QED) is 0.889. The van der Waals surface area contributed by atoms with Crippen LogP contribution in [0.4, 0.5) is 13.2 Å². The maximum Gasteiger partial charge on any atom is 0.442 e. The van der Waals surface area contributed by atoms with Crippen molar-refractivity contribution in [2.24, 2.45) is 4.99 Å². The van der Waals surface area contributed by atoms with Crippen LogP contribution in [0.5, 0.6) is 0 Å². The van der Waals surface area contributed by atoms with Crippen LogP contribution in [0.1, 0.15) is 44.6 Å². The van der Waals surface area contributed by atoms with Gasteiger partial charge in [0.25, 0.3) is 5.91 Å². The minimum atomic E-state index is -5.04. The number of amidine groups is 1. The van der Waals surface area contributed by atoms with E-state index in [-0.39, 0.29) is 18.3 Å². The lowest BCUT2D eigenvalue weighted by Crippen LogP contribution is -2.64. The number of carbonyl (C=O) groups is 2. The largest absolute Gasteiger partial charge is 0.442 e. The lowest BCUT2D eigenvalue weighted by atomic mass is 10.1. The molecule has 1 aromatic rings. The van der Waals surface area contributed by atoms with Gasteiger partial charge in [-0.25, -0.2) is 4.99 Å². The van der Waals surface area contributed by atoms with Crippen LogP contribution in [0.3, 0.4) is 0 Å². The van der Waals surface area contributed by atoms with Crippen molar-refractivity contribution >= 4 is 17.6 Å². The minimum absolute atomic E-state index is 0.0313. The first-order valence-corrected chi connectivity index (χ1v) is 8.67. The molecule has 2 amide bonds. The number of rotatable bonds is 4. The molecule has 0 aromatic heterocycles. The van der Waals surface area contributed by atoms with E-state index in [9.17, 15) is 22.8 Å². The van der Waals surface area contributed by atoms with Crippen molar-refractivity contribution in [1.29, 1.82) is 0 Å². The SMILES string of the molecule is CCC(=O)NC1(C(F)(F)F)N=C(c2ccccc2)N(C2CCCC2)C1=O. The Balaban J connectivity index is 2.14. The number of hydrogen-bond donors (Lipinski definition) is 1. The second-order valence-corrected chi connectivity index (χ2v) is 6.52. The summed E-state index contributed by atoms with van der Waals surface area (Å²) >= 11 is 0.